The van der Waals surface area contributed by atoms with Crippen LogP contribution >= 0.6 is 11.8 Å². The molecule has 0 aliphatic heterocycles. The Bertz CT molecular complexity index is 946. The Morgan fingerprint density at radius 2 is 2.10 bits per heavy atom. The zero-order valence-corrected chi connectivity index (χ0v) is 16.8. The molecule has 160 valence electrons. The van der Waals surface area contributed by atoms with Gasteiger partial charge in [-0.2, -0.15) is 23.4 Å². The summed E-state index contributed by atoms with van der Waals surface area (Å²) in [5.41, 5.74) is 10.5. The first-order chi connectivity index (χ1) is 14.2. The van der Waals surface area contributed by atoms with Crippen LogP contribution in [-0.2, 0) is 11.0 Å². The fourth-order valence-electron chi connectivity index (χ4n) is 2.58. The number of nitrogens with zero attached hydrogens (tertiary/aromatic N) is 3. The molecular formula is C18H20F3N7OS. The van der Waals surface area contributed by atoms with Crippen LogP contribution < -0.4 is 22.1 Å². The molecule has 2 rings (SSSR count). The molecule has 1 atom stereocenters. The summed E-state index contributed by atoms with van der Waals surface area (Å²) in [6.45, 7) is 0.286. The number of nitrogens with two attached hydrogens (primary N) is 2. The Hall–Kier alpha value is -3.04. The van der Waals surface area contributed by atoms with Gasteiger partial charge in [-0.25, -0.2) is 4.98 Å². The van der Waals surface area contributed by atoms with Gasteiger partial charge in [-0.1, -0.05) is 6.07 Å². The number of benzene rings is 1. The van der Waals surface area contributed by atoms with Crippen molar-refractivity contribution < 1.29 is 18.0 Å². The number of carbonyl (C=O) groups excluding carboxylic acids is 1. The van der Waals surface area contributed by atoms with Crippen LogP contribution in [0.25, 0.3) is 0 Å². The predicted octanol–water partition coefficient (Wildman–Crippen LogP) is 2.83. The molecule has 0 saturated carbocycles. The SMILES string of the molecule is CSc1nc(N)nc(NC(=O)[C@H](CCCN)Nc2cccc(C(F)(F)F)c2)c1C#N. The minimum Gasteiger partial charge on any atom is -0.374 e. The first kappa shape index (κ1) is 23.2. The van der Waals surface area contributed by atoms with Crippen molar-refractivity contribution in [3.63, 3.8) is 0 Å². The third-order valence-corrected chi connectivity index (χ3v) is 4.67. The number of aromatic nitrogens is 2. The maximum atomic E-state index is 13.0. The molecule has 1 heterocycles. The second-order valence-corrected chi connectivity index (χ2v) is 6.92. The van der Waals surface area contributed by atoms with E-state index in [1.165, 1.54) is 12.1 Å². The molecule has 0 aliphatic carbocycles. The average molecular weight is 439 g/mol. The van der Waals surface area contributed by atoms with Crippen molar-refractivity contribution in [2.45, 2.75) is 30.1 Å². The first-order valence-electron chi connectivity index (χ1n) is 8.76. The lowest BCUT2D eigenvalue weighted by Gasteiger charge is -2.20. The highest BCUT2D eigenvalue weighted by molar-refractivity contribution is 7.98. The van der Waals surface area contributed by atoms with Gasteiger partial charge >= 0.3 is 6.18 Å². The summed E-state index contributed by atoms with van der Waals surface area (Å²) in [5.74, 6) is -0.788. The van der Waals surface area contributed by atoms with Gasteiger partial charge in [0.05, 0.1) is 5.56 Å². The molecule has 0 aliphatic rings. The third kappa shape index (κ3) is 5.98. The number of amides is 1. The summed E-state index contributed by atoms with van der Waals surface area (Å²) in [5, 5.41) is 15.0. The van der Waals surface area contributed by atoms with Crippen molar-refractivity contribution in [2.24, 2.45) is 5.73 Å². The predicted molar refractivity (Wildman–Crippen MR) is 109 cm³/mol. The monoisotopic (exact) mass is 439 g/mol. The molecule has 0 saturated heterocycles. The highest BCUT2D eigenvalue weighted by Crippen LogP contribution is 2.31. The largest absolute Gasteiger partial charge is 0.416 e. The van der Waals surface area contributed by atoms with E-state index in [2.05, 4.69) is 20.6 Å². The van der Waals surface area contributed by atoms with Crippen LogP contribution in [0.2, 0.25) is 0 Å². The minimum absolute atomic E-state index is 0.0432. The fourth-order valence-corrected chi connectivity index (χ4v) is 3.11. The summed E-state index contributed by atoms with van der Waals surface area (Å²) in [4.78, 5) is 20.7. The first-order valence-corrected chi connectivity index (χ1v) is 9.98. The Morgan fingerprint density at radius 3 is 2.70 bits per heavy atom. The van der Waals surface area contributed by atoms with E-state index in [0.29, 0.717) is 11.4 Å². The number of hydrogen-bond acceptors (Lipinski definition) is 8. The van der Waals surface area contributed by atoms with Gasteiger partial charge in [0, 0.05) is 5.69 Å². The van der Waals surface area contributed by atoms with E-state index in [0.717, 1.165) is 23.9 Å². The molecule has 1 aromatic carbocycles. The van der Waals surface area contributed by atoms with E-state index in [1.54, 1.807) is 6.26 Å². The van der Waals surface area contributed by atoms with Crippen molar-refractivity contribution >= 4 is 35.1 Å². The number of rotatable bonds is 8. The summed E-state index contributed by atoms with van der Waals surface area (Å²) in [6, 6.07) is 5.52. The summed E-state index contributed by atoms with van der Waals surface area (Å²) in [6.07, 6.45) is -2.14. The maximum Gasteiger partial charge on any atom is 0.416 e. The zero-order valence-electron chi connectivity index (χ0n) is 16.0. The molecule has 0 radical (unpaired) electrons. The average Bonchev–Trinajstić information content (AvgIpc) is 2.70. The van der Waals surface area contributed by atoms with Gasteiger partial charge < -0.3 is 22.1 Å². The molecule has 0 fully saturated rings. The second-order valence-electron chi connectivity index (χ2n) is 6.12. The number of nitrogen functional groups attached to an aromatic ring is 1. The minimum atomic E-state index is -4.51. The molecule has 0 spiro atoms. The summed E-state index contributed by atoms with van der Waals surface area (Å²) in [7, 11) is 0. The van der Waals surface area contributed by atoms with Crippen molar-refractivity contribution in [1.82, 2.24) is 9.97 Å². The topological polar surface area (TPSA) is 143 Å². The van der Waals surface area contributed by atoms with Crippen LogP contribution in [0.15, 0.2) is 29.3 Å². The van der Waals surface area contributed by atoms with Crippen LogP contribution in [0.3, 0.4) is 0 Å². The van der Waals surface area contributed by atoms with E-state index in [4.69, 9.17) is 11.5 Å². The standard InChI is InChI=1S/C18H20F3N7OS/c1-30-16-12(9-23)14(27-17(24)28-16)26-15(29)13(6-3-7-22)25-11-5-2-4-10(8-11)18(19,20)21/h2,4-5,8,13,25H,3,6-7,22H2,1H3,(H3,24,26,27,28,29)/t13-/m0/s1. The van der Waals surface area contributed by atoms with Crippen LogP contribution in [0.4, 0.5) is 30.6 Å². The lowest BCUT2D eigenvalue weighted by Crippen LogP contribution is -2.36. The van der Waals surface area contributed by atoms with Crippen molar-refractivity contribution in [2.75, 3.05) is 29.2 Å². The van der Waals surface area contributed by atoms with Crippen LogP contribution in [0, 0.1) is 11.3 Å². The van der Waals surface area contributed by atoms with Gasteiger partial charge in [-0.05, 0) is 43.8 Å². The molecule has 2 aromatic rings. The maximum absolute atomic E-state index is 13.0. The molecule has 12 heteroatoms. The summed E-state index contributed by atoms with van der Waals surface area (Å²) >= 11 is 1.16. The highest BCUT2D eigenvalue weighted by atomic mass is 32.2. The van der Waals surface area contributed by atoms with Gasteiger partial charge in [0.15, 0.2) is 5.82 Å². The van der Waals surface area contributed by atoms with Crippen LogP contribution in [0.5, 0.6) is 0 Å². The second kappa shape index (κ2) is 10.1. The van der Waals surface area contributed by atoms with Crippen molar-refractivity contribution in [3.8, 4) is 6.07 Å². The van der Waals surface area contributed by atoms with Gasteiger partial charge in [-0.15, -0.1) is 11.8 Å². The molecule has 8 nitrogen and oxygen atoms in total. The third-order valence-electron chi connectivity index (χ3n) is 3.98. The lowest BCUT2D eigenvalue weighted by molar-refractivity contribution is -0.137. The summed E-state index contributed by atoms with van der Waals surface area (Å²) < 4.78 is 38.9. The molecule has 30 heavy (non-hydrogen) atoms. The normalized spacial score (nSPS) is 12.1. The van der Waals surface area contributed by atoms with Crippen molar-refractivity contribution in [1.29, 1.82) is 5.26 Å². The smallest absolute Gasteiger partial charge is 0.374 e. The van der Waals surface area contributed by atoms with E-state index < -0.39 is 23.7 Å². The number of hydrogen-bond donors (Lipinski definition) is 4. The number of halogens is 3. The van der Waals surface area contributed by atoms with Gasteiger partial charge in [0.25, 0.3) is 0 Å². The number of anilines is 3. The van der Waals surface area contributed by atoms with Crippen molar-refractivity contribution in [3.05, 3.63) is 35.4 Å². The fraction of sp³-hybridized carbons (Fsp3) is 0.333. The Kier molecular flexibility index (Phi) is 7.85. The number of thioether (sulfide) groups is 1. The number of carbonyl (C=O) groups is 1. The number of nitriles is 1. The Balaban J connectivity index is 2.29. The molecular weight excluding hydrogens is 419 g/mol. The lowest BCUT2D eigenvalue weighted by atomic mass is 10.1. The van der Waals surface area contributed by atoms with Crippen LogP contribution in [0.1, 0.15) is 24.0 Å². The Labute approximate surface area is 175 Å². The zero-order chi connectivity index (χ0) is 22.3. The van der Waals surface area contributed by atoms with Gasteiger partial charge in [0.2, 0.25) is 11.9 Å². The molecule has 6 N–H and O–H groups in total. The van der Waals surface area contributed by atoms with E-state index in [-0.39, 0.29) is 36.0 Å². The van der Waals surface area contributed by atoms with E-state index in [9.17, 15) is 23.2 Å². The molecule has 0 bridgehead atoms. The molecule has 1 aromatic heterocycles. The van der Waals surface area contributed by atoms with Crippen LogP contribution in [-0.4, -0.2) is 34.7 Å². The highest BCUT2D eigenvalue weighted by Gasteiger charge is 2.31. The quantitative estimate of drug-likeness (QED) is 0.363. The molecule has 0 unspecified atom stereocenters. The Morgan fingerprint density at radius 1 is 1.37 bits per heavy atom. The van der Waals surface area contributed by atoms with Gasteiger partial charge in [0.1, 0.15) is 22.7 Å². The van der Waals surface area contributed by atoms with Gasteiger partial charge in [-0.3, -0.25) is 4.79 Å². The number of nitrogens with one attached hydrogen (secondary N) is 2. The van der Waals surface area contributed by atoms with E-state index >= 15 is 0 Å². The molecule has 1 amide bonds. The number of alkyl halides is 3. The van der Waals surface area contributed by atoms with E-state index in [1.807, 2.05) is 6.07 Å².